The molecule has 2 atom stereocenters. The SMILES string of the molecule is Cc1ccccc1[C@@H](C)NC(=O)[C@H]1CCCN(C(=O)C(C)C)C1. The van der Waals surface area contributed by atoms with Crippen LogP contribution in [0, 0.1) is 18.8 Å². The third kappa shape index (κ3) is 4.34. The standard InChI is InChI=1S/C19H28N2O2/c1-13(2)19(23)21-11-7-9-16(12-21)18(22)20-15(4)17-10-6-5-8-14(17)3/h5-6,8,10,13,15-16H,7,9,11-12H2,1-4H3,(H,20,22)/t15-,16+/m1/s1. The van der Waals surface area contributed by atoms with Gasteiger partial charge in [0.15, 0.2) is 0 Å². The van der Waals surface area contributed by atoms with E-state index < -0.39 is 0 Å². The number of benzene rings is 1. The highest BCUT2D eigenvalue weighted by Gasteiger charge is 2.30. The summed E-state index contributed by atoms with van der Waals surface area (Å²) in [4.78, 5) is 26.6. The molecule has 0 spiro atoms. The topological polar surface area (TPSA) is 49.4 Å². The number of carbonyl (C=O) groups is 2. The Balaban J connectivity index is 1.97. The predicted molar refractivity (Wildman–Crippen MR) is 91.9 cm³/mol. The summed E-state index contributed by atoms with van der Waals surface area (Å²) in [5.41, 5.74) is 2.33. The lowest BCUT2D eigenvalue weighted by Gasteiger charge is -2.33. The normalized spacial score (nSPS) is 19.5. The molecule has 0 unspecified atom stereocenters. The van der Waals surface area contributed by atoms with E-state index in [-0.39, 0.29) is 29.7 Å². The molecule has 1 saturated heterocycles. The molecule has 1 aromatic rings. The maximum absolute atomic E-state index is 12.6. The van der Waals surface area contributed by atoms with Crippen molar-refractivity contribution in [1.29, 1.82) is 0 Å². The average Bonchev–Trinajstić information content (AvgIpc) is 2.54. The van der Waals surface area contributed by atoms with Crippen molar-refractivity contribution >= 4 is 11.8 Å². The molecule has 23 heavy (non-hydrogen) atoms. The number of rotatable bonds is 4. The number of piperidine rings is 1. The van der Waals surface area contributed by atoms with Gasteiger partial charge in [0.05, 0.1) is 12.0 Å². The summed E-state index contributed by atoms with van der Waals surface area (Å²) < 4.78 is 0. The molecule has 1 aliphatic heterocycles. The second-order valence-corrected chi connectivity index (χ2v) is 6.86. The van der Waals surface area contributed by atoms with Gasteiger partial charge in [-0.05, 0) is 37.8 Å². The van der Waals surface area contributed by atoms with Gasteiger partial charge in [0.1, 0.15) is 0 Å². The van der Waals surface area contributed by atoms with E-state index in [4.69, 9.17) is 0 Å². The third-order valence-corrected chi connectivity index (χ3v) is 4.61. The van der Waals surface area contributed by atoms with Gasteiger partial charge < -0.3 is 10.2 Å². The lowest BCUT2D eigenvalue weighted by Crippen LogP contribution is -2.47. The molecule has 2 amide bonds. The van der Waals surface area contributed by atoms with Crippen LogP contribution < -0.4 is 5.32 Å². The summed E-state index contributed by atoms with van der Waals surface area (Å²) in [7, 11) is 0. The summed E-state index contributed by atoms with van der Waals surface area (Å²) in [6.07, 6.45) is 1.75. The van der Waals surface area contributed by atoms with Crippen LogP contribution in [0.1, 0.15) is 50.8 Å². The summed E-state index contributed by atoms with van der Waals surface area (Å²) in [5, 5.41) is 3.12. The highest BCUT2D eigenvalue weighted by Crippen LogP contribution is 2.21. The minimum absolute atomic E-state index is 0.0114. The predicted octanol–water partition coefficient (Wildman–Crippen LogP) is 3.07. The Kier molecular flexibility index (Phi) is 5.80. The second-order valence-electron chi connectivity index (χ2n) is 6.86. The first kappa shape index (κ1) is 17.5. The molecule has 1 aromatic carbocycles. The van der Waals surface area contributed by atoms with Crippen molar-refractivity contribution in [3.05, 3.63) is 35.4 Å². The number of hydrogen-bond donors (Lipinski definition) is 1. The summed E-state index contributed by atoms with van der Waals surface area (Å²) >= 11 is 0. The van der Waals surface area contributed by atoms with Gasteiger partial charge >= 0.3 is 0 Å². The van der Waals surface area contributed by atoms with Gasteiger partial charge in [0, 0.05) is 19.0 Å². The van der Waals surface area contributed by atoms with E-state index in [0.29, 0.717) is 6.54 Å². The Hall–Kier alpha value is -1.84. The minimum Gasteiger partial charge on any atom is -0.349 e. The molecule has 0 aliphatic carbocycles. The highest BCUT2D eigenvalue weighted by molar-refractivity contribution is 5.82. The van der Waals surface area contributed by atoms with Crippen molar-refractivity contribution in [2.75, 3.05) is 13.1 Å². The van der Waals surface area contributed by atoms with Crippen LogP contribution in [-0.4, -0.2) is 29.8 Å². The largest absolute Gasteiger partial charge is 0.349 e. The van der Waals surface area contributed by atoms with Gasteiger partial charge in [-0.15, -0.1) is 0 Å². The van der Waals surface area contributed by atoms with Crippen LogP contribution in [-0.2, 0) is 9.59 Å². The van der Waals surface area contributed by atoms with Crippen LogP contribution in [0.15, 0.2) is 24.3 Å². The lowest BCUT2D eigenvalue weighted by atomic mass is 9.95. The fraction of sp³-hybridized carbons (Fsp3) is 0.579. The Bertz CT molecular complexity index is 568. The van der Waals surface area contributed by atoms with Crippen molar-refractivity contribution in [1.82, 2.24) is 10.2 Å². The minimum atomic E-state index is -0.0991. The van der Waals surface area contributed by atoms with Crippen LogP contribution >= 0.6 is 0 Å². The van der Waals surface area contributed by atoms with Crippen LogP contribution in [0.4, 0.5) is 0 Å². The molecule has 0 radical (unpaired) electrons. The quantitative estimate of drug-likeness (QED) is 0.928. The number of carbonyl (C=O) groups excluding carboxylic acids is 2. The molecule has 2 rings (SSSR count). The first-order chi connectivity index (χ1) is 10.9. The number of hydrogen-bond acceptors (Lipinski definition) is 2. The van der Waals surface area contributed by atoms with Gasteiger partial charge in [-0.1, -0.05) is 38.1 Å². The fourth-order valence-electron chi connectivity index (χ4n) is 3.24. The molecule has 126 valence electrons. The monoisotopic (exact) mass is 316 g/mol. The Morgan fingerprint density at radius 1 is 1.22 bits per heavy atom. The second kappa shape index (κ2) is 7.62. The zero-order valence-electron chi connectivity index (χ0n) is 14.6. The highest BCUT2D eigenvalue weighted by atomic mass is 16.2. The van der Waals surface area contributed by atoms with Gasteiger partial charge in [-0.2, -0.15) is 0 Å². The van der Waals surface area contributed by atoms with E-state index in [9.17, 15) is 9.59 Å². The molecular formula is C19H28N2O2. The fourth-order valence-corrected chi connectivity index (χ4v) is 3.24. The van der Waals surface area contributed by atoms with Gasteiger partial charge in [0.25, 0.3) is 0 Å². The number of amides is 2. The van der Waals surface area contributed by atoms with Crippen molar-refractivity contribution in [2.45, 2.75) is 46.6 Å². The Morgan fingerprint density at radius 3 is 2.57 bits per heavy atom. The Labute approximate surface area is 139 Å². The molecule has 0 saturated carbocycles. The number of likely N-dealkylation sites (tertiary alicyclic amines) is 1. The molecule has 1 heterocycles. The summed E-state index contributed by atoms with van der Waals surface area (Å²) in [6, 6.07) is 8.09. The van der Waals surface area contributed by atoms with E-state index in [0.717, 1.165) is 24.9 Å². The van der Waals surface area contributed by atoms with Gasteiger partial charge in [-0.3, -0.25) is 9.59 Å². The Morgan fingerprint density at radius 2 is 1.91 bits per heavy atom. The average molecular weight is 316 g/mol. The van der Waals surface area contributed by atoms with Crippen LogP contribution in [0.25, 0.3) is 0 Å². The van der Waals surface area contributed by atoms with E-state index in [2.05, 4.69) is 24.4 Å². The first-order valence-corrected chi connectivity index (χ1v) is 8.54. The zero-order chi connectivity index (χ0) is 17.0. The molecule has 0 bridgehead atoms. The number of nitrogens with zero attached hydrogens (tertiary/aromatic N) is 1. The van der Waals surface area contributed by atoms with Crippen molar-refractivity contribution in [2.24, 2.45) is 11.8 Å². The van der Waals surface area contributed by atoms with E-state index in [1.807, 2.05) is 37.8 Å². The third-order valence-electron chi connectivity index (χ3n) is 4.61. The summed E-state index contributed by atoms with van der Waals surface area (Å²) in [6.45, 7) is 9.21. The zero-order valence-corrected chi connectivity index (χ0v) is 14.6. The van der Waals surface area contributed by atoms with Crippen LogP contribution in [0.5, 0.6) is 0 Å². The van der Waals surface area contributed by atoms with E-state index >= 15 is 0 Å². The summed E-state index contributed by atoms with van der Waals surface area (Å²) in [5.74, 6) is 0.0945. The van der Waals surface area contributed by atoms with Gasteiger partial charge in [-0.25, -0.2) is 0 Å². The maximum Gasteiger partial charge on any atom is 0.225 e. The molecule has 0 aromatic heterocycles. The molecular weight excluding hydrogens is 288 g/mol. The van der Waals surface area contributed by atoms with Crippen LogP contribution in [0.2, 0.25) is 0 Å². The molecule has 4 heteroatoms. The van der Waals surface area contributed by atoms with Crippen molar-refractivity contribution in [3.63, 3.8) is 0 Å². The number of aryl methyl sites for hydroxylation is 1. The molecule has 1 fully saturated rings. The molecule has 1 N–H and O–H groups in total. The first-order valence-electron chi connectivity index (χ1n) is 8.54. The number of nitrogens with one attached hydrogen (secondary N) is 1. The van der Waals surface area contributed by atoms with Gasteiger partial charge in [0.2, 0.25) is 11.8 Å². The molecule has 4 nitrogen and oxygen atoms in total. The lowest BCUT2D eigenvalue weighted by molar-refractivity contribution is -0.138. The van der Waals surface area contributed by atoms with Crippen molar-refractivity contribution < 1.29 is 9.59 Å². The van der Waals surface area contributed by atoms with Crippen molar-refractivity contribution in [3.8, 4) is 0 Å². The van der Waals surface area contributed by atoms with E-state index in [1.165, 1.54) is 5.56 Å². The maximum atomic E-state index is 12.6. The smallest absolute Gasteiger partial charge is 0.225 e. The van der Waals surface area contributed by atoms with E-state index in [1.54, 1.807) is 0 Å². The van der Waals surface area contributed by atoms with Crippen LogP contribution in [0.3, 0.4) is 0 Å². The molecule has 1 aliphatic rings.